The quantitative estimate of drug-likeness (QED) is 0.442. The van der Waals surface area contributed by atoms with Gasteiger partial charge in [0.1, 0.15) is 5.75 Å². The average molecular weight is 480 g/mol. The summed E-state index contributed by atoms with van der Waals surface area (Å²) in [6.07, 6.45) is 10.4. The third kappa shape index (κ3) is 5.13. The van der Waals surface area contributed by atoms with E-state index in [2.05, 4.69) is 95.2 Å². The zero-order valence-electron chi connectivity index (χ0n) is 21.2. The van der Waals surface area contributed by atoms with Gasteiger partial charge >= 0.3 is 0 Å². The molecule has 36 heavy (non-hydrogen) atoms. The maximum Gasteiger partial charge on any atom is 0.223 e. The molecule has 6 nitrogen and oxygen atoms in total. The molecule has 2 aliphatic rings. The Labute approximate surface area is 213 Å². The fraction of sp³-hybridized carbons (Fsp3) is 0.267. The Kier molecular flexibility index (Phi) is 7.03. The van der Waals surface area contributed by atoms with E-state index in [9.17, 15) is 0 Å². The Balaban J connectivity index is 1.47. The molecule has 0 saturated heterocycles. The monoisotopic (exact) mass is 479 g/mol. The third-order valence-electron chi connectivity index (χ3n) is 6.64. The van der Waals surface area contributed by atoms with Gasteiger partial charge in [-0.25, -0.2) is 9.97 Å². The number of aromatic nitrogens is 2. The number of hydrogen-bond acceptors (Lipinski definition) is 6. The minimum absolute atomic E-state index is 0.604. The molecule has 0 bridgehead atoms. The van der Waals surface area contributed by atoms with Crippen molar-refractivity contribution in [2.24, 2.45) is 0 Å². The van der Waals surface area contributed by atoms with Gasteiger partial charge < -0.3 is 20.3 Å². The Hall–Kier alpha value is -4.06. The van der Waals surface area contributed by atoms with Gasteiger partial charge in [0.2, 0.25) is 5.95 Å². The molecule has 0 radical (unpaired) electrons. The van der Waals surface area contributed by atoms with Gasteiger partial charge in [-0.3, -0.25) is 0 Å². The molecule has 3 heterocycles. The first-order valence-electron chi connectivity index (χ1n) is 12.6. The largest absolute Gasteiger partial charge is 0.493 e. The van der Waals surface area contributed by atoms with Crippen molar-refractivity contribution in [3.05, 3.63) is 107 Å². The molecule has 184 valence electrons. The fourth-order valence-corrected chi connectivity index (χ4v) is 4.60. The van der Waals surface area contributed by atoms with Crippen molar-refractivity contribution in [1.29, 1.82) is 0 Å². The average Bonchev–Trinajstić information content (AvgIpc) is 3.39. The van der Waals surface area contributed by atoms with Crippen LogP contribution in [0.15, 0.2) is 78.7 Å². The van der Waals surface area contributed by atoms with Crippen LogP contribution in [0.3, 0.4) is 0 Å². The van der Waals surface area contributed by atoms with Crippen LogP contribution in [0.1, 0.15) is 41.3 Å². The van der Waals surface area contributed by atoms with Gasteiger partial charge in [-0.2, -0.15) is 0 Å². The summed E-state index contributed by atoms with van der Waals surface area (Å²) >= 11 is 0. The summed E-state index contributed by atoms with van der Waals surface area (Å²) in [4.78, 5) is 11.7. The number of anilines is 1. The zero-order chi connectivity index (χ0) is 24.9. The first kappa shape index (κ1) is 23.7. The van der Waals surface area contributed by atoms with Crippen molar-refractivity contribution in [1.82, 2.24) is 20.2 Å². The van der Waals surface area contributed by atoms with Crippen LogP contribution in [0.5, 0.6) is 5.75 Å². The lowest BCUT2D eigenvalue weighted by molar-refractivity contribution is 0.357. The van der Waals surface area contributed by atoms with Crippen molar-refractivity contribution in [2.75, 3.05) is 25.5 Å². The lowest BCUT2D eigenvalue weighted by atomic mass is 10.0. The summed E-state index contributed by atoms with van der Waals surface area (Å²) in [5.74, 6) is 1.60. The van der Waals surface area contributed by atoms with Crippen LogP contribution < -0.4 is 15.4 Å². The Morgan fingerprint density at radius 1 is 1.11 bits per heavy atom. The van der Waals surface area contributed by atoms with Gasteiger partial charge in [-0.05, 0) is 53.8 Å². The van der Waals surface area contributed by atoms with E-state index in [0.717, 1.165) is 54.4 Å². The van der Waals surface area contributed by atoms with Gasteiger partial charge in [-0.1, -0.05) is 55.0 Å². The standard InChI is InChI=1S/C30H33N5O/c1-4-22-12-16-35(17-13-22)29(28(31-3)24-8-5-21(2)6-9-24)26-11-15-32-30(34-26)33-20-23-7-10-27-25(19-23)14-18-36-27/h5-13,15-16,19,31H,4,14,17-18,20H2,1-3H3,(H,32,33,34)/b29-28-. The molecular weight excluding hydrogens is 446 g/mol. The highest BCUT2D eigenvalue weighted by molar-refractivity contribution is 5.88. The van der Waals surface area contributed by atoms with E-state index in [1.165, 1.54) is 22.3 Å². The molecule has 0 aliphatic carbocycles. The number of fused-ring (bicyclic) bond motifs is 1. The molecule has 0 amide bonds. The molecule has 3 aromatic rings. The van der Waals surface area contributed by atoms with Gasteiger partial charge in [0.25, 0.3) is 0 Å². The molecule has 2 aromatic carbocycles. The second-order valence-electron chi connectivity index (χ2n) is 9.10. The van der Waals surface area contributed by atoms with E-state index < -0.39 is 0 Å². The van der Waals surface area contributed by atoms with Crippen molar-refractivity contribution < 1.29 is 4.74 Å². The first-order chi connectivity index (χ1) is 17.6. The SMILES string of the molecule is CCC1=CCN(/C(=C(\NC)c2ccc(C)cc2)c2ccnc(NCc3ccc4c(c3)CCO4)n2)C=C1. The smallest absolute Gasteiger partial charge is 0.223 e. The number of aryl methyl sites for hydroxylation is 1. The van der Waals surface area contributed by atoms with Crippen LogP contribution in [0, 0.1) is 6.92 Å². The molecule has 0 atom stereocenters. The molecule has 0 saturated carbocycles. The summed E-state index contributed by atoms with van der Waals surface area (Å²) in [5, 5.41) is 6.87. The minimum atomic E-state index is 0.604. The van der Waals surface area contributed by atoms with Crippen LogP contribution in [0.25, 0.3) is 11.4 Å². The van der Waals surface area contributed by atoms with Gasteiger partial charge in [0, 0.05) is 39.0 Å². The maximum absolute atomic E-state index is 5.64. The number of allylic oxidation sites excluding steroid dienone is 2. The highest BCUT2D eigenvalue weighted by Gasteiger charge is 2.20. The molecule has 5 rings (SSSR count). The molecule has 0 fully saturated rings. The van der Waals surface area contributed by atoms with E-state index in [0.29, 0.717) is 12.5 Å². The fourth-order valence-electron chi connectivity index (χ4n) is 4.60. The molecule has 1 aromatic heterocycles. The summed E-state index contributed by atoms with van der Waals surface area (Å²) < 4.78 is 5.64. The summed E-state index contributed by atoms with van der Waals surface area (Å²) in [5.41, 5.74) is 9.05. The number of hydrogen-bond donors (Lipinski definition) is 2. The Morgan fingerprint density at radius 3 is 2.72 bits per heavy atom. The van der Waals surface area contributed by atoms with Gasteiger partial charge in [0.05, 0.1) is 23.7 Å². The lowest BCUT2D eigenvalue weighted by Crippen LogP contribution is -2.24. The number of nitrogens with one attached hydrogen (secondary N) is 2. The number of nitrogens with zero attached hydrogens (tertiary/aromatic N) is 3. The van der Waals surface area contributed by atoms with E-state index in [1.54, 1.807) is 0 Å². The molecule has 6 heteroatoms. The molecule has 2 aliphatic heterocycles. The molecule has 0 spiro atoms. The van der Waals surface area contributed by atoms with E-state index in [-0.39, 0.29) is 0 Å². The maximum atomic E-state index is 5.64. The van der Waals surface area contributed by atoms with Crippen LogP contribution in [-0.2, 0) is 13.0 Å². The van der Waals surface area contributed by atoms with Crippen LogP contribution in [-0.4, -0.2) is 35.1 Å². The summed E-state index contributed by atoms with van der Waals surface area (Å²) in [6, 6.07) is 16.9. The second-order valence-corrected chi connectivity index (χ2v) is 9.10. The minimum Gasteiger partial charge on any atom is -0.493 e. The molecule has 0 unspecified atom stereocenters. The molecular formula is C30H33N5O. The Morgan fingerprint density at radius 2 is 1.97 bits per heavy atom. The van der Waals surface area contributed by atoms with Crippen molar-refractivity contribution in [3.8, 4) is 5.75 Å². The zero-order valence-corrected chi connectivity index (χ0v) is 21.2. The van der Waals surface area contributed by atoms with Crippen molar-refractivity contribution in [2.45, 2.75) is 33.2 Å². The molecule has 2 N–H and O–H groups in total. The van der Waals surface area contributed by atoms with E-state index in [1.807, 2.05) is 19.3 Å². The van der Waals surface area contributed by atoms with Crippen LogP contribution in [0.4, 0.5) is 5.95 Å². The number of benzene rings is 2. The predicted molar refractivity (Wildman–Crippen MR) is 146 cm³/mol. The Bertz CT molecular complexity index is 1320. The lowest BCUT2D eigenvalue weighted by Gasteiger charge is -2.28. The third-order valence-corrected chi connectivity index (χ3v) is 6.64. The van der Waals surface area contributed by atoms with Crippen molar-refractivity contribution in [3.63, 3.8) is 0 Å². The van der Waals surface area contributed by atoms with Gasteiger partial charge in [0.15, 0.2) is 0 Å². The predicted octanol–water partition coefficient (Wildman–Crippen LogP) is 5.54. The highest BCUT2D eigenvalue weighted by atomic mass is 16.5. The number of ether oxygens (including phenoxy) is 1. The summed E-state index contributed by atoms with van der Waals surface area (Å²) in [7, 11) is 1.97. The first-order valence-corrected chi connectivity index (χ1v) is 12.6. The van der Waals surface area contributed by atoms with E-state index >= 15 is 0 Å². The van der Waals surface area contributed by atoms with Crippen LogP contribution >= 0.6 is 0 Å². The van der Waals surface area contributed by atoms with Crippen LogP contribution in [0.2, 0.25) is 0 Å². The number of rotatable bonds is 8. The summed E-state index contributed by atoms with van der Waals surface area (Å²) in [6.45, 7) is 6.49. The van der Waals surface area contributed by atoms with E-state index in [4.69, 9.17) is 9.72 Å². The van der Waals surface area contributed by atoms with Crippen molar-refractivity contribution >= 4 is 17.3 Å². The second kappa shape index (κ2) is 10.7. The van der Waals surface area contributed by atoms with Gasteiger partial charge in [-0.15, -0.1) is 0 Å². The topological polar surface area (TPSA) is 62.3 Å². The highest BCUT2D eigenvalue weighted by Crippen LogP contribution is 2.30. The normalized spacial score (nSPS) is 15.1.